The standard InChI is InChI=1S/C19H17N3O5/c1-26-17-10-18(27-2)16(22(24)25)9-14(17)8-15(11-20)19(23)21-12-13-6-4-3-5-7-13/h3-10H,12H2,1-2H3,(H,21,23)/b15-8-. The number of hydrogen-bond donors (Lipinski definition) is 1. The van der Waals surface area contributed by atoms with Crippen molar-refractivity contribution in [3.8, 4) is 17.6 Å². The number of hydrogen-bond acceptors (Lipinski definition) is 6. The van der Waals surface area contributed by atoms with E-state index in [0.717, 1.165) is 5.56 Å². The van der Waals surface area contributed by atoms with Crippen molar-refractivity contribution in [1.29, 1.82) is 5.26 Å². The van der Waals surface area contributed by atoms with Crippen LogP contribution in [0.1, 0.15) is 11.1 Å². The number of nitro benzene ring substituents is 1. The van der Waals surface area contributed by atoms with Crippen LogP contribution in [-0.2, 0) is 11.3 Å². The number of rotatable bonds is 7. The second-order valence-electron chi connectivity index (χ2n) is 5.36. The average Bonchev–Trinajstić information content (AvgIpc) is 2.70. The number of carbonyl (C=O) groups is 1. The molecule has 0 spiro atoms. The van der Waals surface area contributed by atoms with E-state index >= 15 is 0 Å². The van der Waals surface area contributed by atoms with Crippen LogP contribution in [0.4, 0.5) is 5.69 Å². The third kappa shape index (κ3) is 4.83. The Labute approximate surface area is 155 Å². The fourth-order valence-electron chi connectivity index (χ4n) is 2.34. The molecule has 0 fully saturated rings. The summed E-state index contributed by atoms with van der Waals surface area (Å²) in [7, 11) is 2.68. The van der Waals surface area contributed by atoms with E-state index in [0.29, 0.717) is 0 Å². The van der Waals surface area contributed by atoms with E-state index in [9.17, 15) is 20.2 Å². The zero-order valence-corrected chi connectivity index (χ0v) is 14.8. The van der Waals surface area contributed by atoms with Crippen molar-refractivity contribution >= 4 is 17.7 Å². The summed E-state index contributed by atoms with van der Waals surface area (Å²) >= 11 is 0. The molecule has 8 nitrogen and oxygen atoms in total. The van der Waals surface area contributed by atoms with Crippen molar-refractivity contribution in [3.63, 3.8) is 0 Å². The predicted molar refractivity (Wildman–Crippen MR) is 98.1 cm³/mol. The number of ether oxygens (including phenoxy) is 2. The van der Waals surface area contributed by atoms with E-state index in [4.69, 9.17) is 9.47 Å². The van der Waals surface area contributed by atoms with Crippen LogP contribution in [-0.4, -0.2) is 25.1 Å². The highest BCUT2D eigenvalue weighted by atomic mass is 16.6. The summed E-state index contributed by atoms with van der Waals surface area (Å²) in [5.74, 6) is -0.344. The third-order valence-corrected chi connectivity index (χ3v) is 3.69. The lowest BCUT2D eigenvalue weighted by atomic mass is 10.1. The molecular weight excluding hydrogens is 350 g/mol. The molecule has 8 heteroatoms. The molecule has 0 saturated heterocycles. The third-order valence-electron chi connectivity index (χ3n) is 3.69. The van der Waals surface area contributed by atoms with Crippen LogP contribution in [0.25, 0.3) is 6.08 Å². The summed E-state index contributed by atoms with van der Waals surface area (Å²) in [6, 6.07) is 13.5. The van der Waals surface area contributed by atoms with E-state index < -0.39 is 10.8 Å². The van der Waals surface area contributed by atoms with Crippen LogP contribution in [0, 0.1) is 21.4 Å². The number of nitrogens with one attached hydrogen (secondary N) is 1. The number of nitrogens with zero attached hydrogens (tertiary/aromatic N) is 2. The van der Waals surface area contributed by atoms with Crippen molar-refractivity contribution < 1.29 is 19.2 Å². The van der Waals surface area contributed by atoms with Gasteiger partial charge in [0.15, 0.2) is 0 Å². The highest BCUT2D eigenvalue weighted by Gasteiger charge is 2.20. The van der Waals surface area contributed by atoms with Gasteiger partial charge >= 0.3 is 5.69 Å². The van der Waals surface area contributed by atoms with Gasteiger partial charge in [0.25, 0.3) is 5.91 Å². The summed E-state index contributed by atoms with van der Waals surface area (Å²) in [6.07, 6.45) is 1.24. The predicted octanol–water partition coefficient (Wildman–Crippen LogP) is 2.84. The Hall–Kier alpha value is -3.86. The minimum Gasteiger partial charge on any atom is -0.496 e. The van der Waals surface area contributed by atoms with Gasteiger partial charge in [-0.3, -0.25) is 14.9 Å². The maximum absolute atomic E-state index is 12.3. The minimum absolute atomic E-state index is 0.0148. The molecule has 27 heavy (non-hydrogen) atoms. The lowest BCUT2D eigenvalue weighted by molar-refractivity contribution is -0.385. The second kappa shape index (κ2) is 9.01. The Balaban J connectivity index is 2.33. The second-order valence-corrected chi connectivity index (χ2v) is 5.36. The van der Waals surface area contributed by atoms with Crippen molar-refractivity contribution in [1.82, 2.24) is 5.32 Å². The largest absolute Gasteiger partial charge is 0.496 e. The molecule has 2 rings (SSSR count). The van der Waals surface area contributed by atoms with E-state index in [-0.39, 0.29) is 34.9 Å². The van der Waals surface area contributed by atoms with Gasteiger partial charge in [-0.2, -0.15) is 5.26 Å². The van der Waals surface area contributed by atoms with E-state index in [1.165, 1.54) is 32.4 Å². The molecule has 0 bridgehead atoms. The topological polar surface area (TPSA) is 114 Å². The van der Waals surface area contributed by atoms with Crippen LogP contribution in [0.2, 0.25) is 0 Å². The molecule has 1 N–H and O–H groups in total. The first-order chi connectivity index (χ1) is 13.0. The Kier molecular flexibility index (Phi) is 6.49. The maximum atomic E-state index is 12.3. The smallest absolute Gasteiger partial charge is 0.311 e. The van der Waals surface area contributed by atoms with Gasteiger partial charge in [-0.25, -0.2) is 0 Å². The number of methoxy groups -OCH3 is 2. The van der Waals surface area contributed by atoms with Gasteiger partial charge in [0.05, 0.1) is 19.1 Å². The number of benzene rings is 2. The van der Waals surface area contributed by atoms with Crippen molar-refractivity contribution in [2.75, 3.05) is 14.2 Å². The SMILES string of the molecule is COc1cc(OC)c([N+](=O)[O-])cc1/C=C(/C#N)C(=O)NCc1ccccc1. The van der Waals surface area contributed by atoms with Crippen LogP contribution >= 0.6 is 0 Å². The van der Waals surface area contributed by atoms with Crippen LogP contribution in [0.15, 0.2) is 48.0 Å². The zero-order chi connectivity index (χ0) is 19.8. The molecule has 0 radical (unpaired) electrons. The molecule has 0 aliphatic heterocycles. The average molecular weight is 367 g/mol. The Morgan fingerprint density at radius 1 is 1.22 bits per heavy atom. The van der Waals surface area contributed by atoms with Gasteiger partial charge < -0.3 is 14.8 Å². The van der Waals surface area contributed by atoms with Gasteiger partial charge in [0, 0.05) is 24.2 Å². The van der Waals surface area contributed by atoms with E-state index in [1.807, 2.05) is 36.4 Å². The summed E-state index contributed by atoms with van der Waals surface area (Å²) in [5.41, 5.74) is 0.590. The molecule has 0 aliphatic rings. The zero-order valence-electron chi connectivity index (χ0n) is 14.8. The molecule has 0 aromatic heterocycles. The van der Waals surface area contributed by atoms with Crippen LogP contribution in [0.3, 0.4) is 0 Å². The summed E-state index contributed by atoms with van der Waals surface area (Å²) in [4.78, 5) is 22.9. The first-order valence-corrected chi connectivity index (χ1v) is 7.84. The first-order valence-electron chi connectivity index (χ1n) is 7.84. The van der Waals surface area contributed by atoms with Gasteiger partial charge in [-0.1, -0.05) is 30.3 Å². The first kappa shape index (κ1) is 19.5. The van der Waals surface area contributed by atoms with E-state index in [2.05, 4.69) is 5.32 Å². The normalized spacial score (nSPS) is 10.6. The summed E-state index contributed by atoms with van der Waals surface area (Å²) < 4.78 is 10.2. The Morgan fingerprint density at radius 3 is 2.44 bits per heavy atom. The minimum atomic E-state index is -0.614. The molecule has 0 heterocycles. The fourth-order valence-corrected chi connectivity index (χ4v) is 2.34. The Bertz CT molecular complexity index is 917. The molecule has 0 aliphatic carbocycles. The number of carbonyl (C=O) groups excluding carboxylic acids is 1. The Morgan fingerprint density at radius 2 is 1.89 bits per heavy atom. The monoisotopic (exact) mass is 367 g/mol. The molecule has 2 aromatic carbocycles. The molecule has 0 atom stereocenters. The lowest BCUT2D eigenvalue weighted by Gasteiger charge is -2.09. The fraction of sp³-hybridized carbons (Fsp3) is 0.158. The quantitative estimate of drug-likeness (QED) is 0.348. The summed E-state index contributed by atoms with van der Waals surface area (Å²) in [6.45, 7) is 0.249. The summed E-state index contributed by atoms with van der Waals surface area (Å²) in [5, 5.41) is 23.2. The maximum Gasteiger partial charge on any atom is 0.311 e. The van der Waals surface area contributed by atoms with Gasteiger partial charge in [-0.15, -0.1) is 0 Å². The van der Waals surface area contributed by atoms with Crippen molar-refractivity contribution in [2.24, 2.45) is 0 Å². The van der Waals surface area contributed by atoms with Crippen LogP contribution < -0.4 is 14.8 Å². The van der Waals surface area contributed by atoms with Gasteiger partial charge in [0.2, 0.25) is 5.75 Å². The van der Waals surface area contributed by atoms with Crippen molar-refractivity contribution in [2.45, 2.75) is 6.54 Å². The highest BCUT2D eigenvalue weighted by Crippen LogP contribution is 2.35. The van der Waals surface area contributed by atoms with Gasteiger partial charge in [-0.05, 0) is 11.6 Å². The number of nitro groups is 1. The lowest BCUT2D eigenvalue weighted by Crippen LogP contribution is -2.23. The van der Waals surface area contributed by atoms with E-state index in [1.54, 1.807) is 0 Å². The molecule has 1 amide bonds. The molecule has 138 valence electrons. The molecule has 0 unspecified atom stereocenters. The molecular formula is C19H17N3O5. The van der Waals surface area contributed by atoms with Crippen LogP contribution in [0.5, 0.6) is 11.5 Å². The highest BCUT2D eigenvalue weighted by molar-refractivity contribution is 6.02. The molecule has 2 aromatic rings. The number of amides is 1. The van der Waals surface area contributed by atoms with Crippen molar-refractivity contribution in [3.05, 3.63) is 69.3 Å². The van der Waals surface area contributed by atoms with Gasteiger partial charge in [0.1, 0.15) is 17.4 Å². The molecule has 0 saturated carbocycles. The number of nitriles is 1.